The van der Waals surface area contributed by atoms with E-state index < -0.39 is 0 Å². The number of aryl methyl sites for hydroxylation is 1. The minimum absolute atomic E-state index is 0.0658. The van der Waals surface area contributed by atoms with Crippen molar-refractivity contribution in [2.45, 2.75) is 32.9 Å². The second-order valence-corrected chi connectivity index (χ2v) is 7.78. The molecule has 0 fully saturated rings. The largest absolute Gasteiger partial charge is 0.329 e. The molecule has 0 bridgehead atoms. The molecule has 0 unspecified atom stereocenters. The van der Waals surface area contributed by atoms with Crippen LogP contribution in [0.3, 0.4) is 0 Å². The Morgan fingerprint density at radius 3 is 2.41 bits per heavy atom. The number of aromatic nitrogens is 4. The first-order valence-corrected chi connectivity index (χ1v) is 10.3. The number of imidazole rings is 1. The Kier molecular flexibility index (Phi) is 5.53. The van der Waals surface area contributed by atoms with Crippen LogP contribution in [0.15, 0.2) is 59.4 Å². The van der Waals surface area contributed by atoms with Gasteiger partial charge in [-0.15, -0.1) is 10.2 Å². The maximum absolute atomic E-state index is 12.8. The fourth-order valence-corrected chi connectivity index (χ4v) is 4.10. The van der Waals surface area contributed by atoms with Crippen LogP contribution in [-0.4, -0.2) is 25.2 Å². The number of rotatable bonds is 7. The van der Waals surface area contributed by atoms with E-state index in [9.17, 15) is 9.59 Å². The molecular formula is C21H21N5O2S. The molecule has 2 aromatic heterocycles. The average Bonchev–Trinajstić information content (AvgIpc) is 3.27. The van der Waals surface area contributed by atoms with Crippen molar-refractivity contribution >= 4 is 33.4 Å². The van der Waals surface area contributed by atoms with E-state index in [0.717, 1.165) is 28.0 Å². The van der Waals surface area contributed by atoms with Crippen molar-refractivity contribution in [3.8, 4) is 0 Å². The molecule has 0 saturated heterocycles. The van der Waals surface area contributed by atoms with Crippen LogP contribution in [-0.2, 0) is 24.3 Å². The lowest BCUT2D eigenvalue weighted by atomic mass is 10.2. The smallest absolute Gasteiger partial charge is 0.299 e. The molecular weight excluding hydrogens is 386 g/mol. The molecule has 0 aliphatic heterocycles. The van der Waals surface area contributed by atoms with Crippen molar-refractivity contribution in [1.29, 1.82) is 0 Å². The zero-order valence-electron chi connectivity index (χ0n) is 16.0. The molecule has 29 heavy (non-hydrogen) atoms. The highest BCUT2D eigenvalue weighted by Gasteiger charge is 2.16. The predicted molar refractivity (Wildman–Crippen MR) is 114 cm³/mol. The van der Waals surface area contributed by atoms with Gasteiger partial charge in [0, 0.05) is 13.0 Å². The summed E-state index contributed by atoms with van der Waals surface area (Å²) in [6, 6.07) is 17.5. The number of nitrogens with one attached hydrogen (secondary N) is 1. The van der Waals surface area contributed by atoms with Crippen LogP contribution >= 0.6 is 11.3 Å². The number of carbonyl (C=O) groups excluding carboxylic acids is 1. The Bertz CT molecular complexity index is 1190. The molecule has 1 N–H and O–H groups in total. The van der Waals surface area contributed by atoms with Gasteiger partial charge in [-0.1, -0.05) is 60.7 Å². The molecule has 4 aromatic rings. The van der Waals surface area contributed by atoms with E-state index in [1.807, 2.05) is 61.5 Å². The number of hydrogen-bond donors (Lipinski definition) is 1. The van der Waals surface area contributed by atoms with E-state index in [1.54, 1.807) is 4.57 Å². The number of fused-ring (bicyclic) bond motifs is 1. The maximum Gasteiger partial charge on any atom is 0.329 e. The summed E-state index contributed by atoms with van der Waals surface area (Å²) in [4.78, 5) is 25.4. The first-order chi connectivity index (χ1) is 14.2. The number of benzene rings is 2. The van der Waals surface area contributed by atoms with Crippen LogP contribution in [0.2, 0.25) is 0 Å². The summed E-state index contributed by atoms with van der Waals surface area (Å²) >= 11 is 1.34. The number of amides is 1. The lowest BCUT2D eigenvalue weighted by Crippen LogP contribution is -2.29. The van der Waals surface area contributed by atoms with Crippen molar-refractivity contribution in [1.82, 2.24) is 19.3 Å². The third-order valence-electron chi connectivity index (χ3n) is 4.59. The summed E-state index contributed by atoms with van der Waals surface area (Å²) in [5, 5.41) is 12.2. The minimum Gasteiger partial charge on any atom is -0.299 e. The number of hydrogen-bond acceptors (Lipinski definition) is 5. The molecule has 1 amide bonds. The highest BCUT2D eigenvalue weighted by molar-refractivity contribution is 7.15. The first-order valence-electron chi connectivity index (χ1n) is 9.50. The number of anilines is 1. The fourth-order valence-electron chi connectivity index (χ4n) is 3.31. The van der Waals surface area contributed by atoms with Gasteiger partial charge in [-0.05, 0) is 24.1 Å². The highest BCUT2D eigenvalue weighted by atomic mass is 32.1. The van der Waals surface area contributed by atoms with Gasteiger partial charge in [-0.25, -0.2) is 4.79 Å². The van der Waals surface area contributed by atoms with Crippen LogP contribution in [0.1, 0.15) is 23.9 Å². The van der Waals surface area contributed by atoms with Crippen molar-refractivity contribution in [3.63, 3.8) is 0 Å². The summed E-state index contributed by atoms with van der Waals surface area (Å²) in [7, 11) is 0. The van der Waals surface area contributed by atoms with Crippen LogP contribution in [0.5, 0.6) is 0 Å². The van der Waals surface area contributed by atoms with Gasteiger partial charge in [-0.3, -0.25) is 19.2 Å². The van der Waals surface area contributed by atoms with Crippen molar-refractivity contribution < 1.29 is 4.79 Å². The van der Waals surface area contributed by atoms with Gasteiger partial charge in [0.05, 0.1) is 11.0 Å². The third kappa shape index (κ3) is 4.12. The van der Waals surface area contributed by atoms with Crippen LogP contribution in [0.25, 0.3) is 11.0 Å². The third-order valence-corrected chi connectivity index (χ3v) is 5.42. The maximum atomic E-state index is 12.8. The Morgan fingerprint density at radius 1 is 1.00 bits per heavy atom. The number of para-hydroxylation sites is 2. The molecule has 7 nitrogen and oxygen atoms in total. The fraction of sp³-hybridized carbons (Fsp3) is 0.238. The van der Waals surface area contributed by atoms with E-state index in [2.05, 4.69) is 15.5 Å². The van der Waals surface area contributed by atoms with Crippen LogP contribution < -0.4 is 11.0 Å². The lowest BCUT2D eigenvalue weighted by Gasteiger charge is -2.03. The lowest BCUT2D eigenvalue weighted by molar-refractivity contribution is -0.116. The van der Waals surface area contributed by atoms with Gasteiger partial charge in [0.1, 0.15) is 11.6 Å². The Morgan fingerprint density at radius 2 is 1.69 bits per heavy atom. The molecule has 0 saturated carbocycles. The topological polar surface area (TPSA) is 81.8 Å². The molecule has 0 radical (unpaired) electrons. The molecule has 0 atom stereocenters. The Labute approximate surface area is 171 Å². The van der Waals surface area contributed by atoms with E-state index in [4.69, 9.17) is 0 Å². The van der Waals surface area contributed by atoms with Crippen LogP contribution in [0, 0.1) is 0 Å². The first kappa shape index (κ1) is 19.1. The van der Waals surface area contributed by atoms with E-state index >= 15 is 0 Å². The summed E-state index contributed by atoms with van der Waals surface area (Å²) in [5.74, 6) is -0.297. The molecule has 0 aliphatic carbocycles. The van der Waals surface area contributed by atoms with E-state index in [1.165, 1.54) is 15.9 Å². The van der Waals surface area contributed by atoms with Gasteiger partial charge in [0.2, 0.25) is 11.0 Å². The average molecular weight is 407 g/mol. The standard InChI is InChI=1S/C21H21N5O2S/c1-2-12-25-16-10-6-7-11-17(16)26(21(25)28)14-18(27)22-20-24-23-19(29-20)13-15-8-4-3-5-9-15/h3-11H,2,12-14H2,1H3,(H,22,24,27). The van der Waals surface area contributed by atoms with Gasteiger partial charge in [0.15, 0.2) is 0 Å². The second-order valence-electron chi connectivity index (χ2n) is 6.72. The van der Waals surface area contributed by atoms with E-state index in [-0.39, 0.29) is 18.1 Å². The molecule has 2 aromatic carbocycles. The molecule has 148 valence electrons. The van der Waals surface area contributed by atoms with E-state index in [0.29, 0.717) is 18.1 Å². The molecule has 0 spiro atoms. The summed E-state index contributed by atoms with van der Waals surface area (Å²) in [6.07, 6.45) is 1.51. The zero-order chi connectivity index (χ0) is 20.2. The van der Waals surface area contributed by atoms with Crippen LogP contribution in [0.4, 0.5) is 5.13 Å². The normalized spacial score (nSPS) is 11.1. The summed E-state index contributed by atoms with van der Waals surface area (Å²) < 4.78 is 3.22. The monoisotopic (exact) mass is 407 g/mol. The second kappa shape index (κ2) is 8.40. The zero-order valence-corrected chi connectivity index (χ0v) is 16.9. The Balaban J connectivity index is 1.50. The SMILES string of the molecule is CCCn1c(=O)n(CC(=O)Nc2nnc(Cc3ccccc3)s2)c2ccccc21. The molecule has 2 heterocycles. The highest BCUT2D eigenvalue weighted by Crippen LogP contribution is 2.19. The summed E-state index contributed by atoms with van der Waals surface area (Å²) in [5.41, 5.74) is 2.55. The predicted octanol–water partition coefficient (Wildman–Crippen LogP) is 3.29. The number of nitrogens with zero attached hydrogens (tertiary/aromatic N) is 4. The minimum atomic E-state index is -0.297. The van der Waals surface area contributed by atoms with Crippen molar-refractivity contribution in [2.24, 2.45) is 0 Å². The molecule has 0 aliphatic rings. The number of carbonyl (C=O) groups is 1. The van der Waals surface area contributed by atoms with Gasteiger partial charge in [-0.2, -0.15) is 0 Å². The molecule has 8 heteroatoms. The van der Waals surface area contributed by atoms with Gasteiger partial charge >= 0.3 is 5.69 Å². The van der Waals surface area contributed by atoms with Gasteiger partial charge in [0.25, 0.3) is 0 Å². The summed E-state index contributed by atoms with van der Waals surface area (Å²) in [6.45, 7) is 2.57. The van der Waals surface area contributed by atoms with Gasteiger partial charge < -0.3 is 0 Å². The molecule has 4 rings (SSSR count). The Hall–Kier alpha value is -3.26. The quantitative estimate of drug-likeness (QED) is 0.510. The van der Waals surface area contributed by atoms with Crippen molar-refractivity contribution in [3.05, 3.63) is 75.7 Å². The van der Waals surface area contributed by atoms with Crippen molar-refractivity contribution in [2.75, 3.05) is 5.32 Å².